The number of likely N-dealkylation sites (tertiary alicyclic amines) is 1. The highest BCUT2D eigenvalue weighted by Gasteiger charge is 2.22. The van der Waals surface area contributed by atoms with E-state index in [1.54, 1.807) is 13.1 Å². The molecule has 1 aromatic heterocycles. The van der Waals surface area contributed by atoms with E-state index in [2.05, 4.69) is 31.9 Å². The van der Waals surface area contributed by atoms with Crippen molar-refractivity contribution in [1.29, 1.82) is 0 Å². The van der Waals surface area contributed by atoms with Gasteiger partial charge in [0.25, 0.3) is 5.91 Å². The van der Waals surface area contributed by atoms with Gasteiger partial charge in [0, 0.05) is 24.6 Å². The minimum absolute atomic E-state index is 0.0306. The summed E-state index contributed by atoms with van der Waals surface area (Å²) in [5.74, 6) is -0.0908. The molecule has 0 aliphatic carbocycles. The zero-order valence-corrected chi connectivity index (χ0v) is 14.5. The fourth-order valence-corrected chi connectivity index (χ4v) is 4.01. The summed E-state index contributed by atoms with van der Waals surface area (Å²) in [5, 5.41) is 0. The second-order valence-corrected chi connectivity index (χ2v) is 7.71. The Kier molecular flexibility index (Phi) is 5.03. The van der Waals surface area contributed by atoms with Crippen molar-refractivity contribution in [1.82, 2.24) is 9.80 Å². The number of nitrogens with zero attached hydrogens (tertiary/aromatic N) is 2. The van der Waals surface area contributed by atoms with Crippen molar-refractivity contribution in [2.24, 2.45) is 0 Å². The highest BCUT2D eigenvalue weighted by atomic mass is 79.9. The molecule has 2 rings (SSSR count). The third-order valence-electron chi connectivity index (χ3n) is 3.03. The van der Waals surface area contributed by atoms with Gasteiger partial charge in [-0.05, 0) is 50.8 Å². The molecule has 0 spiro atoms. The maximum absolute atomic E-state index is 12.2. The summed E-state index contributed by atoms with van der Waals surface area (Å²) in [4.78, 5) is 28.1. The topological polar surface area (TPSA) is 40.6 Å². The van der Waals surface area contributed by atoms with Crippen LogP contribution in [0.1, 0.15) is 22.5 Å². The van der Waals surface area contributed by atoms with Gasteiger partial charge >= 0.3 is 0 Å². The van der Waals surface area contributed by atoms with Crippen molar-refractivity contribution in [3.63, 3.8) is 0 Å². The van der Waals surface area contributed by atoms with Crippen molar-refractivity contribution in [2.75, 3.05) is 26.7 Å². The Hall–Kier alpha value is -0.400. The fourth-order valence-electron chi connectivity index (χ4n) is 1.98. The third kappa shape index (κ3) is 3.58. The Labute approximate surface area is 133 Å². The first-order valence-electron chi connectivity index (χ1n) is 5.97. The number of thiophene rings is 1. The predicted octanol–water partition coefficient (Wildman–Crippen LogP) is 2.97. The Bertz CT molecular complexity index is 478. The highest BCUT2D eigenvalue weighted by Crippen LogP contribution is 2.32. The highest BCUT2D eigenvalue weighted by molar-refractivity contribution is 9.13. The number of halogens is 2. The number of amides is 2. The van der Waals surface area contributed by atoms with E-state index in [4.69, 9.17) is 0 Å². The summed E-state index contributed by atoms with van der Waals surface area (Å²) in [7, 11) is 1.66. The van der Waals surface area contributed by atoms with E-state index in [0.29, 0.717) is 4.88 Å². The second-order valence-electron chi connectivity index (χ2n) is 4.48. The molecule has 0 N–H and O–H groups in total. The average molecular weight is 410 g/mol. The summed E-state index contributed by atoms with van der Waals surface area (Å²) in [6.07, 6.45) is 2.13. The molecule has 2 heterocycles. The minimum atomic E-state index is -0.121. The fraction of sp³-hybridized carbons (Fsp3) is 0.500. The molecule has 1 saturated heterocycles. The van der Waals surface area contributed by atoms with Gasteiger partial charge in [-0.1, -0.05) is 0 Å². The number of carbonyl (C=O) groups is 2. The molecular formula is C12H14Br2N2O2S. The molecule has 1 aliphatic rings. The van der Waals surface area contributed by atoms with Crippen LogP contribution in [0.3, 0.4) is 0 Å². The molecule has 4 nitrogen and oxygen atoms in total. The van der Waals surface area contributed by atoms with Crippen LogP contribution < -0.4 is 0 Å². The lowest BCUT2D eigenvalue weighted by molar-refractivity contribution is -0.130. The molecule has 0 aromatic carbocycles. The minimum Gasteiger partial charge on any atom is -0.341 e. The van der Waals surface area contributed by atoms with Crippen LogP contribution in [-0.4, -0.2) is 48.3 Å². The molecule has 19 heavy (non-hydrogen) atoms. The molecule has 1 aromatic rings. The Morgan fingerprint density at radius 1 is 1.37 bits per heavy atom. The normalized spacial score (nSPS) is 14.8. The molecule has 1 aliphatic heterocycles. The predicted molar refractivity (Wildman–Crippen MR) is 82.5 cm³/mol. The Morgan fingerprint density at radius 2 is 2.00 bits per heavy atom. The van der Waals surface area contributed by atoms with Gasteiger partial charge in [-0.15, -0.1) is 11.3 Å². The molecule has 0 bridgehead atoms. The smallest absolute Gasteiger partial charge is 0.264 e. The van der Waals surface area contributed by atoms with Crippen molar-refractivity contribution in [3.8, 4) is 0 Å². The summed E-state index contributed by atoms with van der Waals surface area (Å²) in [5.41, 5.74) is 0. The van der Waals surface area contributed by atoms with Crippen LogP contribution in [-0.2, 0) is 4.79 Å². The van der Waals surface area contributed by atoms with E-state index in [1.165, 1.54) is 16.2 Å². The molecule has 0 radical (unpaired) electrons. The van der Waals surface area contributed by atoms with Crippen LogP contribution >= 0.6 is 43.2 Å². The first-order chi connectivity index (χ1) is 8.99. The SMILES string of the molecule is CN(CC(=O)N1CCCC1)C(=O)c1cc(Br)c(Br)s1. The van der Waals surface area contributed by atoms with E-state index < -0.39 is 0 Å². The van der Waals surface area contributed by atoms with Gasteiger partial charge in [0.1, 0.15) is 0 Å². The second kappa shape index (κ2) is 6.37. The van der Waals surface area contributed by atoms with Crippen LogP contribution in [0.15, 0.2) is 14.3 Å². The number of hydrogen-bond acceptors (Lipinski definition) is 3. The molecule has 0 saturated carbocycles. The van der Waals surface area contributed by atoms with E-state index in [9.17, 15) is 9.59 Å². The van der Waals surface area contributed by atoms with Gasteiger partial charge in [-0.25, -0.2) is 0 Å². The molecule has 7 heteroatoms. The van der Waals surface area contributed by atoms with E-state index in [1.807, 2.05) is 4.90 Å². The summed E-state index contributed by atoms with van der Waals surface area (Å²) < 4.78 is 1.75. The van der Waals surface area contributed by atoms with E-state index in [-0.39, 0.29) is 18.4 Å². The van der Waals surface area contributed by atoms with Crippen LogP contribution in [0.2, 0.25) is 0 Å². The van der Waals surface area contributed by atoms with E-state index >= 15 is 0 Å². The van der Waals surface area contributed by atoms with Gasteiger partial charge in [0.15, 0.2) is 0 Å². The van der Waals surface area contributed by atoms with Gasteiger partial charge in [0.05, 0.1) is 15.2 Å². The maximum atomic E-state index is 12.2. The number of rotatable bonds is 3. The summed E-state index contributed by atoms with van der Waals surface area (Å²) in [6, 6.07) is 1.77. The van der Waals surface area contributed by atoms with Gasteiger partial charge in [-0.2, -0.15) is 0 Å². The summed E-state index contributed by atoms with van der Waals surface area (Å²) >= 11 is 8.08. The third-order valence-corrected chi connectivity index (χ3v) is 6.28. The van der Waals surface area contributed by atoms with Crippen molar-refractivity contribution in [2.45, 2.75) is 12.8 Å². The lowest BCUT2D eigenvalue weighted by atomic mass is 10.4. The van der Waals surface area contributed by atoms with Gasteiger partial charge in [0.2, 0.25) is 5.91 Å². The van der Waals surface area contributed by atoms with E-state index in [0.717, 1.165) is 34.2 Å². The quantitative estimate of drug-likeness (QED) is 0.769. The molecule has 0 unspecified atom stereocenters. The number of likely N-dealkylation sites (N-methyl/N-ethyl adjacent to an activating group) is 1. The first-order valence-corrected chi connectivity index (χ1v) is 8.37. The average Bonchev–Trinajstić information content (AvgIpc) is 2.99. The monoisotopic (exact) mass is 408 g/mol. The Balaban J connectivity index is 1.97. The number of carbonyl (C=O) groups excluding carboxylic acids is 2. The lowest BCUT2D eigenvalue weighted by Crippen LogP contribution is -2.39. The first kappa shape index (κ1) is 15.0. The largest absolute Gasteiger partial charge is 0.341 e. The van der Waals surface area contributed by atoms with Crippen LogP contribution in [0, 0.1) is 0 Å². The molecule has 104 valence electrons. The standard InChI is InChI=1S/C12H14Br2N2O2S/c1-15(7-10(17)16-4-2-3-5-16)12(18)9-6-8(13)11(14)19-9/h6H,2-5,7H2,1H3. The van der Waals surface area contributed by atoms with Crippen LogP contribution in [0.5, 0.6) is 0 Å². The maximum Gasteiger partial charge on any atom is 0.264 e. The van der Waals surface area contributed by atoms with Crippen molar-refractivity contribution >= 4 is 55.0 Å². The zero-order valence-electron chi connectivity index (χ0n) is 10.5. The molecule has 0 atom stereocenters. The van der Waals surface area contributed by atoms with Gasteiger partial charge in [-0.3, -0.25) is 9.59 Å². The van der Waals surface area contributed by atoms with Crippen molar-refractivity contribution < 1.29 is 9.59 Å². The Morgan fingerprint density at radius 3 is 2.53 bits per heavy atom. The van der Waals surface area contributed by atoms with Gasteiger partial charge < -0.3 is 9.80 Å². The number of hydrogen-bond donors (Lipinski definition) is 0. The molecule has 2 amide bonds. The molecular weight excluding hydrogens is 396 g/mol. The van der Waals surface area contributed by atoms with Crippen LogP contribution in [0.25, 0.3) is 0 Å². The van der Waals surface area contributed by atoms with Crippen LogP contribution in [0.4, 0.5) is 0 Å². The summed E-state index contributed by atoms with van der Waals surface area (Å²) in [6.45, 7) is 1.78. The molecule has 1 fully saturated rings. The van der Waals surface area contributed by atoms with Crippen molar-refractivity contribution in [3.05, 3.63) is 19.2 Å². The zero-order chi connectivity index (χ0) is 14.0. The lowest BCUT2D eigenvalue weighted by Gasteiger charge is -2.20.